The van der Waals surface area contributed by atoms with Gasteiger partial charge in [-0.15, -0.1) is 0 Å². The molecule has 0 saturated heterocycles. The Balaban J connectivity index is 1.46. The zero-order valence-corrected chi connectivity index (χ0v) is 19.6. The van der Waals surface area contributed by atoms with Crippen molar-refractivity contribution in [1.29, 1.82) is 0 Å². The maximum absolute atomic E-state index is 4.96. The standard InChI is InChI=1S/C28H25N7/c1-3-29-14-20-15-31-16-23(17(20)2)18-9-10-24-22(12-18)27(35-34-24)28-32-25-8-4-7-21(26(25)33-28)19-6-5-11-30-13-19/h4-13,15-16,29H,3,14H2,1-2H3,(H,32,33)(H,34,35). The van der Waals surface area contributed by atoms with Gasteiger partial charge in [-0.3, -0.25) is 15.1 Å². The average Bonchev–Trinajstić information content (AvgIpc) is 3.52. The Kier molecular flexibility index (Phi) is 5.31. The number of para-hydroxylation sites is 1. The molecular weight excluding hydrogens is 434 g/mol. The molecule has 6 aromatic rings. The Morgan fingerprint density at radius 2 is 1.83 bits per heavy atom. The first kappa shape index (κ1) is 21.2. The number of benzene rings is 2. The van der Waals surface area contributed by atoms with Gasteiger partial charge in [0.2, 0.25) is 0 Å². The van der Waals surface area contributed by atoms with Crippen molar-refractivity contribution in [2.45, 2.75) is 20.4 Å². The minimum Gasteiger partial charge on any atom is -0.337 e. The number of hydrogen-bond acceptors (Lipinski definition) is 5. The van der Waals surface area contributed by atoms with E-state index in [-0.39, 0.29) is 0 Å². The third-order valence-corrected chi connectivity index (χ3v) is 6.47. The van der Waals surface area contributed by atoms with Crippen molar-refractivity contribution in [3.63, 3.8) is 0 Å². The zero-order chi connectivity index (χ0) is 23.8. The van der Waals surface area contributed by atoms with Gasteiger partial charge in [0.25, 0.3) is 0 Å². The van der Waals surface area contributed by atoms with E-state index < -0.39 is 0 Å². The molecule has 35 heavy (non-hydrogen) atoms. The second-order valence-corrected chi connectivity index (χ2v) is 8.61. The van der Waals surface area contributed by atoms with Gasteiger partial charge >= 0.3 is 0 Å². The van der Waals surface area contributed by atoms with Crippen LogP contribution in [0.5, 0.6) is 0 Å². The van der Waals surface area contributed by atoms with Crippen LogP contribution in [0.15, 0.2) is 73.3 Å². The topological polar surface area (TPSA) is 95.2 Å². The molecule has 0 atom stereocenters. The van der Waals surface area contributed by atoms with Crippen LogP contribution in [-0.2, 0) is 6.54 Å². The lowest BCUT2D eigenvalue weighted by Crippen LogP contribution is -2.13. The molecule has 0 bridgehead atoms. The van der Waals surface area contributed by atoms with Crippen molar-refractivity contribution < 1.29 is 0 Å². The summed E-state index contributed by atoms with van der Waals surface area (Å²) in [5.74, 6) is 0.732. The first-order valence-corrected chi connectivity index (χ1v) is 11.7. The summed E-state index contributed by atoms with van der Waals surface area (Å²) in [6.45, 7) is 6.00. The lowest BCUT2D eigenvalue weighted by atomic mass is 9.98. The molecule has 0 spiro atoms. The quantitative estimate of drug-likeness (QED) is 0.299. The molecule has 0 amide bonds. The summed E-state index contributed by atoms with van der Waals surface area (Å²) in [4.78, 5) is 17.2. The predicted molar refractivity (Wildman–Crippen MR) is 140 cm³/mol. The van der Waals surface area contributed by atoms with Gasteiger partial charge in [0.1, 0.15) is 5.69 Å². The van der Waals surface area contributed by atoms with Crippen molar-refractivity contribution in [1.82, 2.24) is 35.5 Å². The van der Waals surface area contributed by atoms with E-state index in [9.17, 15) is 0 Å². The van der Waals surface area contributed by atoms with Crippen LogP contribution >= 0.6 is 0 Å². The molecule has 2 aromatic carbocycles. The Morgan fingerprint density at radius 3 is 2.69 bits per heavy atom. The molecule has 3 N–H and O–H groups in total. The number of nitrogens with one attached hydrogen (secondary N) is 3. The molecule has 7 nitrogen and oxygen atoms in total. The number of imidazole rings is 1. The molecule has 172 valence electrons. The molecule has 0 fully saturated rings. The Labute approximate surface area is 202 Å². The van der Waals surface area contributed by atoms with Gasteiger partial charge in [-0.1, -0.05) is 31.2 Å². The molecule has 4 aromatic heterocycles. The lowest BCUT2D eigenvalue weighted by molar-refractivity contribution is 0.721. The Bertz CT molecular complexity index is 1650. The minimum atomic E-state index is 0.732. The van der Waals surface area contributed by atoms with Crippen LogP contribution in [0.2, 0.25) is 0 Å². The largest absolute Gasteiger partial charge is 0.337 e. The molecule has 0 unspecified atom stereocenters. The maximum atomic E-state index is 4.96. The fourth-order valence-electron chi connectivity index (χ4n) is 4.56. The second kappa shape index (κ2) is 8.77. The third kappa shape index (κ3) is 3.76. The van der Waals surface area contributed by atoms with Crippen molar-refractivity contribution in [3.05, 3.63) is 84.4 Å². The zero-order valence-electron chi connectivity index (χ0n) is 19.6. The summed E-state index contributed by atoms with van der Waals surface area (Å²) in [7, 11) is 0. The van der Waals surface area contributed by atoms with Crippen LogP contribution < -0.4 is 5.32 Å². The normalized spacial score (nSPS) is 11.5. The number of hydrogen-bond donors (Lipinski definition) is 3. The highest BCUT2D eigenvalue weighted by Gasteiger charge is 2.16. The third-order valence-electron chi connectivity index (χ3n) is 6.47. The molecular formula is C28H25N7. The monoisotopic (exact) mass is 459 g/mol. The summed E-state index contributed by atoms with van der Waals surface area (Å²) in [5.41, 5.74) is 10.4. The van der Waals surface area contributed by atoms with Crippen LogP contribution in [0.3, 0.4) is 0 Å². The van der Waals surface area contributed by atoms with E-state index in [1.165, 1.54) is 11.1 Å². The van der Waals surface area contributed by atoms with Gasteiger partial charge in [0.15, 0.2) is 5.82 Å². The van der Waals surface area contributed by atoms with Crippen LogP contribution in [0.1, 0.15) is 18.1 Å². The molecule has 4 heterocycles. The molecule has 0 aliphatic carbocycles. The van der Waals surface area contributed by atoms with E-state index in [0.717, 1.165) is 68.8 Å². The van der Waals surface area contributed by atoms with E-state index in [0.29, 0.717) is 0 Å². The highest BCUT2D eigenvalue weighted by Crippen LogP contribution is 2.33. The number of aromatic nitrogens is 6. The molecule has 6 rings (SSSR count). The van der Waals surface area contributed by atoms with E-state index >= 15 is 0 Å². The molecule has 0 saturated carbocycles. The fraction of sp³-hybridized carbons (Fsp3) is 0.143. The van der Waals surface area contributed by atoms with Gasteiger partial charge in [-0.2, -0.15) is 5.10 Å². The highest BCUT2D eigenvalue weighted by molar-refractivity contribution is 5.98. The summed E-state index contributed by atoms with van der Waals surface area (Å²) >= 11 is 0. The molecule has 7 heteroatoms. The summed E-state index contributed by atoms with van der Waals surface area (Å²) < 4.78 is 0. The lowest BCUT2D eigenvalue weighted by Gasteiger charge is -2.11. The van der Waals surface area contributed by atoms with Gasteiger partial charge in [0, 0.05) is 53.4 Å². The summed E-state index contributed by atoms with van der Waals surface area (Å²) in [6.07, 6.45) is 7.52. The number of pyridine rings is 2. The van der Waals surface area contributed by atoms with E-state index in [1.54, 1.807) is 6.20 Å². The molecule has 0 aliphatic heterocycles. The predicted octanol–water partition coefficient (Wildman–Crippen LogP) is 5.65. The number of aromatic amines is 2. The van der Waals surface area contributed by atoms with Gasteiger partial charge in [-0.05, 0) is 54.4 Å². The smallest absolute Gasteiger partial charge is 0.159 e. The van der Waals surface area contributed by atoms with Gasteiger partial charge in [-0.25, -0.2) is 4.98 Å². The average molecular weight is 460 g/mol. The van der Waals surface area contributed by atoms with Crippen LogP contribution in [-0.4, -0.2) is 36.7 Å². The fourth-order valence-corrected chi connectivity index (χ4v) is 4.56. The van der Waals surface area contributed by atoms with Crippen LogP contribution in [0.4, 0.5) is 0 Å². The number of fused-ring (bicyclic) bond motifs is 2. The first-order valence-electron chi connectivity index (χ1n) is 11.7. The van der Waals surface area contributed by atoms with Crippen molar-refractivity contribution in [2.75, 3.05) is 6.54 Å². The van der Waals surface area contributed by atoms with Crippen LogP contribution in [0.25, 0.3) is 55.7 Å². The molecule has 0 aliphatic rings. The summed E-state index contributed by atoms with van der Waals surface area (Å²) in [6, 6.07) is 16.5. The highest BCUT2D eigenvalue weighted by atomic mass is 15.1. The molecule has 0 radical (unpaired) electrons. The van der Waals surface area contributed by atoms with Crippen LogP contribution in [0, 0.1) is 6.92 Å². The maximum Gasteiger partial charge on any atom is 0.159 e. The van der Waals surface area contributed by atoms with E-state index in [1.807, 2.05) is 42.9 Å². The number of H-pyrrole nitrogens is 2. The SMILES string of the molecule is CCNCc1cncc(-c2ccc3[nH]nc(-c4nc5c(-c6cccnc6)cccc5[nH]4)c3c2)c1C. The second-order valence-electron chi connectivity index (χ2n) is 8.61. The number of nitrogens with zero attached hydrogens (tertiary/aromatic N) is 4. The first-order chi connectivity index (χ1) is 17.2. The van der Waals surface area contributed by atoms with Gasteiger partial charge in [0.05, 0.1) is 16.6 Å². The van der Waals surface area contributed by atoms with Gasteiger partial charge < -0.3 is 10.3 Å². The van der Waals surface area contributed by atoms with Crippen molar-refractivity contribution in [3.8, 4) is 33.8 Å². The Hall–Kier alpha value is -4.36. The summed E-state index contributed by atoms with van der Waals surface area (Å²) in [5, 5.41) is 12.2. The van der Waals surface area contributed by atoms with E-state index in [2.05, 4.69) is 68.6 Å². The Morgan fingerprint density at radius 1 is 0.886 bits per heavy atom. The van der Waals surface area contributed by atoms with E-state index in [4.69, 9.17) is 4.98 Å². The minimum absolute atomic E-state index is 0.732. The van der Waals surface area contributed by atoms with Crippen molar-refractivity contribution in [2.24, 2.45) is 0 Å². The van der Waals surface area contributed by atoms with Crippen molar-refractivity contribution >= 4 is 21.9 Å². The number of rotatable bonds is 6.